The number of carbonyl (C=O) groups is 4. The smallest absolute Gasteiger partial charge is 0.319 e. The van der Waals surface area contributed by atoms with Gasteiger partial charge in [-0.15, -0.1) is 11.8 Å². The Morgan fingerprint density at radius 2 is 2.06 bits per heavy atom. The molecule has 5 rings (SSSR count). The monoisotopic (exact) mass is 491 g/mol. The SMILES string of the molecule is CC1=NC(c2cccc(NC(=O)NCc3ccc4c(c3)CN(C3CCC(=O)NC3=O)C4=O)c2)CS1. The second-order valence-electron chi connectivity index (χ2n) is 8.80. The number of imide groups is 1. The number of amides is 5. The molecule has 0 bridgehead atoms. The number of aliphatic imine (C=N–C) groups is 1. The average Bonchev–Trinajstić information content (AvgIpc) is 3.41. The highest BCUT2D eigenvalue weighted by atomic mass is 32.2. The summed E-state index contributed by atoms with van der Waals surface area (Å²) in [5.74, 6) is -0.0519. The van der Waals surface area contributed by atoms with E-state index in [9.17, 15) is 19.2 Å². The number of anilines is 1. The molecular formula is C25H25N5O4S. The molecule has 9 nitrogen and oxygen atoms in total. The molecule has 3 aliphatic heterocycles. The summed E-state index contributed by atoms with van der Waals surface area (Å²) < 4.78 is 0. The first kappa shape index (κ1) is 23.1. The number of urea groups is 1. The lowest BCUT2D eigenvalue weighted by molar-refractivity contribution is -0.136. The molecule has 5 amide bonds. The molecule has 2 aromatic rings. The van der Waals surface area contributed by atoms with Gasteiger partial charge in [0, 0.05) is 36.5 Å². The number of hydrogen-bond donors (Lipinski definition) is 3. The molecule has 0 aromatic heterocycles. The number of thioether (sulfide) groups is 1. The highest BCUT2D eigenvalue weighted by Crippen LogP contribution is 2.31. The molecule has 0 aliphatic carbocycles. The van der Waals surface area contributed by atoms with Crippen molar-refractivity contribution in [2.45, 2.75) is 44.9 Å². The maximum atomic E-state index is 12.8. The van der Waals surface area contributed by atoms with Crippen LogP contribution in [0.5, 0.6) is 0 Å². The van der Waals surface area contributed by atoms with Crippen molar-refractivity contribution in [1.82, 2.24) is 15.5 Å². The van der Waals surface area contributed by atoms with E-state index in [4.69, 9.17) is 0 Å². The summed E-state index contributed by atoms with van der Waals surface area (Å²) in [7, 11) is 0. The fourth-order valence-corrected chi connectivity index (χ4v) is 5.45. The van der Waals surface area contributed by atoms with Gasteiger partial charge in [-0.05, 0) is 48.2 Å². The molecule has 3 heterocycles. The number of hydrogen-bond acceptors (Lipinski definition) is 6. The van der Waals surface area contributed by atoms with Crippen LogP contribution in [-0.4, -0.2) is 45.5 Å². The van der Waals surface area contributed by atoms with E-state index in [1.54, 1.807) is 23.9 Å². The van der Waals surface area contributed by atoms with Crippen LogP contribution in [0, 0.1) is 0 Å². The van der Waals surface area contributed by atoms with Crippen molar-refractivity contribution in [1.29, 1.82) is 0 Å². The first-order valence-corrected chi connectivity index (χ1v) is 12.4. The normalized spacial score (nSPS) is 21.5. The van der Waals surface area contributed by atoms with E-state index in [0.29, 0.717) is 24.2 Å². The van der Waals surface area contributed by atoms with Crippen LogP contribution < -0.4 is 16.0 Å². The standard InChI is InChI=1S/C25H25N5O4S/c1-14-27-20(13-35-14)16-3-2-4-18(10-16)28-25(34)26-11-15-5-6-19-17(9-15)12-30(24(19)33)21-7-8-22(31)29-23(21)32/h2-6,9-10,20-21H,7-8,11-13H2,1H3,(H2,26,28,34)(H,29,31,32). The summed E-state index contributed by atoms with van der Waals surface area (Å²) in [4.78, 5) is 55.1. The largest absolute Gasteiger partial charge is 0.334 e. The minimum absolute atomic E-state index is 0.110. The van der Waals surface area contributed by atoms with Crippen molar-refractivity contribution < 1.29 is 19.2 Å². The predicted molar refractivity (Wildman–Crippen MR) is 133 cm³/mol. The van der Waals surface area contributed by atoms with Crippen molar-refractivity contribution in [2.75, 3.05) is 11.1 Å². The van der Waals surface area contributed by atoms with E-state index in [1.807, 2.05) is 37.3 Å². The molecule has 35 heavy (non-hydrogen) atoms. The summed E-state index contributed by atoms with van der Waals surface area (Å²) in [6.07, 6.45) is 0.544. The maximum Gasteiger partial charge on any atom is 0.319 e. The molecule has 0 saturated carbocycles. The third-order valence-corrected chi connectivity index (χ3v) is 7.36. The molecule has 3 N–H and O–H groups in total. The Bertz CT molecular complexity index is 1260. The summed E-state index contributed by atoms with van der Waals surface area (Å²) in [5, 5.41) is 9.09. The van der Waals surface area contributed by atoms with Crippen LogP contribution in [0.4, 0.5) is 10.5 Å². The fourth-order valence-electron chi connectivity index (χ4n) is 4.58. The lowest BCUT2D eigenvalue weighted by Crippen LogP contribution is -2.52. The van der Waals surface area contributed by atoms with Gasteiger partial charge in [0.1, 0.15) is 6.04 Å². The number of rotatable bonds is 5. The van der Waals surface area contributed by atoms with Crippen LogP contribution >= 0.6 is 11.8 Å². The first-order valence-electron chi connectivity index (χ1n) is 11.5. The summed E-state index contributed by atoms with van der Waals surface area (Å²) in [6.45, 7) is 2.59. The van der Waals surface area contributed by atoms with Gasteiger partial charge in [-0.3, -0.25) is 24.7 Å². The molecule has 2 unspecified atom stereocenters. The van der Waals surface area contributed by atoms with Crippen molar-refractivity contribution in [3.63, 3.8) is 0 Å². The van der Waals surface area contributed by atoms with Gasteiger partial charge < -0.3 is 15.5 Å². The highest BCUT2D eigenvalue weighted by molar-refractivity contribution is 8.14. The van der Waals surface area contributed by atoms with Crippen LogP contribution in [0.1, 0.15) is 52.9 Å². The Labute approximate surface area is 206 Å². The summed E-state index contributed by atoms with van der Waals surface area (Å²) in [5.41, 5.74) is 3.96. The Hall–Kier alpha value is -3.66. The van der Waals surface area contributed by atoms with Crippen LogP contribution in [0.15, 0.2) is 47.5 Å². The van der Waals surface area contributed by atoms with E-state index in [0.717, 1.165) is 27.5 Å². The lowest BCUT2D eigenvalue weighted by atomic mass is 10.0. The van der Waals surface area contributed by atoms with Gasteiger partial charge in [0.25, 0.3) is 5.91 Å². The molecule has 0 spiro atoms. The molecule has 1 fully saturated rings. The van der Waals surface area contributed by atoms with Crippen molar-refractivity contribution in [3.05, 3.63) is 64.7 Å². The van der Waals surface area contributed by atoms with Crippen LogP contribution in [-0.2, 0) is 22.7 Å². The molecular weight excluding hydrogens is 466 g/mol. The Kier molecular flexibility index (Phi) is 6.29. The minimum Gasteiger partial charge on any atom is -0.334 e. The third-order valence-electron chi connectivity index (χ3n) is 6.36. The Balaban J connectivity index is 1.18. The van der Waals surface area contributed by atoms with E-state index < -0.39 is 11.9 Å². The molecule has 3 aliphatic rings. The van der Waals surface area contributed by atoms with Gasteiger partial charge in [0.15, 0.2) is 0 Å². The zero-order valence-electron chi connectivity index (χ0n) is 19.2. The quantitative estimate of drug-likeness (QED) is 0.556. The lowest BCUT2D eigenvalue weighted by Gasteiger charge is -2.29. The van der Waals surface area contributed by atoms with E-state index in [1.165, 1.54) is 4.90 Å². The number of fused-ring (bicyclic) bond motifs is 1. The molecule has 2 atom stereocenters. The van der Waals surface area contributed by atoms with E-state index >= 15 is 0 Å². The van der Waals surface area contributed by atoms with Gasteiger partial charge >= 0.3 is 6.03 Å². The van der Waals surface area contributed by atoms with Gasteiger partial charge in [-0.2, -0.15) is 0 Å². The minimum atomic E-state index is -0.645. The molecule has 1 saturated heterocycles. The van der Waals surface area contributed by atoms with Gasteiger partial charge in [0.2, 0.25) is 11.8 Å². The highest BCUT2D eigenvalue weighted by Gasteiger charge is 2.39. The first-order chi connectivity index (χ1) is 16.9. The van der Waals surface area contributed by atoms with Crippen molar-refractivity contribution >= 4 is 46.2 Å². The van der Waals surface area contributed by atoms with Crippen molar-refractivity contribution in [2.24, 2.45) is 4.99 Å². The Morgan fingerprint density at radius 3 is 2.83 bits per heavy atom. The summed E-state index contributed by atoms with van der Waals surface area (Å²) in [6, 6.07) is 12.2. The zero-order chi connectivity index (χ0) is 24.5. The van der Waals surface area contributed by atoms with Gasteiger partial charge in [-0.1, -0.05) is 24.3 Å². The molecule has 2 aromatic carbocycles. The van der Waals surface area contributed by atoms with Crippen molar-refractivity contribution in [3.8, 4) is 0 Å². The fraction of sp³-hybridized carbons (Fsp3) is 0.320. The van der Waals surface area contributed by atoms with Gasteiger partial charge in [-0.25, -0.2) is 4.79 Å². The second-order valence-corrected chi connectivity index (χ2v) is 10.0. The number of benzene rings is 2. The summed E-state index contributed by atoms with van der Waals surface area (Å²) >= 11 is 1.74. The topological polar surface area (TPSA) is 120 Å². The number of carbonyl (C=O) groups excluding carboxylic acids is 4. The predicted octanol–water partition coefficient (Wildman–Crippen LogP) is 2.98. The number of piperidine rings is 1. The van der Waals surface area contributed by atoms with Gasteiger partial charge in [0.05, 0.1) is 11.1 Å². The third kappa shape index (κ3) is 4.93. The average molecular weight is 492 g/mol. The van der Waals surface area contributed by atoms with E-state index in [2.05, 4.69) is 20.9 Å². The molecule has 10 heteroatoms. The van der Waals surface area contributed by atoms with E-state index in [-0.39, 0.29) is 36.9 Å². The second kappa shape index (κ2) is 9.53. The number of nitrogens with zero attached hydrogens (tertiary/aromatic N) is 2. The molecule has 0 radical (unpaired) electrons. The van der Waals surface area contributed by atoms with Crippen LogP contribution in [0.25, 0.3) is 0 Å². The van der Waals surface area contributed by atoms with Crippen LogP contribution in [0.3, 0.4) is 0 Å². The Morgan fingerprint density at radius 1 is 1.20 bits per heavy atom. The molecule has 180 valence electrons. The van der Waals surface area contributed by atoms with Crippen LogP contribution in [0.2, 0.25) is 0 Å². The maximum absolute atomic E-state index is 12.8. The number of nitrogens with one attached hydrogen (secondary N) is 3. The zero-order valence-corrected chi connectivity index (χ0v) is 20.0.